The van der Waals surface area contributed by atoms with Crippen molar-refractivity contribution in [1.82, 2.24) is 9.88 Å². The summed E-state index contributed by atoms with van der Waals surface area (Å²) >= 11 is 0. The number of carboxylic acid groups (broad SMARTS) is 1. The number of aliphatic carboxylic acids is 1. The van der Waals surface area contributed by atoms with E-state index in [4.69, 9.17) is 9.15 Å². The Kier molecular flexibility index (Phi) is 8.74. The van der Waals surface area contributed by atoms with E-state index in [1.165, 1.54) is 0 Å². The molecule has 1 saturated heterocycles. The van der Waals surface area contributed by atoms with Crippen molar-refractivity contribution in [3.05, 3.63) is 60.2 Å². The number of furan rings is 1. The third-order valence-corrected chi connectivity index (χ3v) is 7.25. The molecule has 3 atom stereocenters. The molecule has 35 heavy (non-hydrogen) atoms. The molecule has 0 saturated carbocycles. The van der Waals surface area contributed by atoms with Crippen LogP contribution in [0, 0.1) is 11.8 Å². The van der Waals surface area contributed by atoms with Gasteiger partial charge in [0.1, 0.15) is 17.7 Å². The van der Waals surface area contributed by atoms with Gasteiger partial charge in [-0.05, 0) is 99.0 Å². The molecule has 1 N–H and O–H groups in total. The first kappa shape index (κ1) is 25.2. The third kappa shape index (κ3) is 6.82. The Labute approximate surface area is 206 Å². The number of carbonyl (C=O) groups is 1. The SMILES string of the molecule is COc1ccc2nccc(C(F)CC[C@@H]3CCN(CCCCc4ccco4)C[C@@H]3CC(=O)O)c2c1. The molecule has 1 unspecified atom stereocenters. The van der Waals surface area contributed by atoms with E-state index >= 15 is 4.39 Å². The second-order valence-electron chi connectivity index (χ2n) is 9.57. The average molecular weight is 483 g/mol. The Morgan fingerprint density at radius 2 is 2.17 bits per heavy atom. The maximum atomic E-state index is 15.4. The maximum absolute atomic E-state index is 15.4. The number of rotatable bonds is 12. The number of halogens is 1. The molecule has 3 heterocycles. The van der Waals surface area contributed by atoms with Crippen LogP contribution >= 0.6 is 0 Å². The van der Waals surface area contributed by atoms with Crippen molar-refractivity contribution in [2.75, 3.05) is 26.7 Å². The van der Waals surface area contributed by atoms with Crippen LogP contribution in [0.25, 0.3) is 10.9 Å². The molecule has 0 amide bonds. The van der Waals surface area contributed by atoms with E-state index in [0.29, 0.717) is 24.2 Å². The molecule has 0 aliphatic carbocycles. The summed E-state index contributed by atoms with van der Waals surface area (Å²) in [6.07, 6.45) is 7.35. The lowest BCUT2D eigenvalue weighted by atomic mass is 9.79. The molecular formula is C28H35FN2O4. The molecule has 4 rings (SSSR count). The normalized spacial score (nSPS) is 19.6. The zero-order valence-corrected chi connectivity index (χ0v) is 20.4. The number of aryl methyl sites for hydroxylation is 1. The highest BCUT2D eigenvalue weighted by Crippen LogP contribution is 2.36. The smallest absolute Gasteiger partial charge is 0.303 e. The van der Waals surface area contributed by atoms with Crippen molar-refractivity contribution in [1.29, 1.82) is 0 Å². The van der Waals surface area contributed by atoms with Gasteiger partial charge in [-0.15, -0.1) is 0 Å². The second kappa shape index (κ2) is 12.2. The monoisotopic (exact) mass is 482 g/mol. The maximum Gasteiger partial charge on any atom is 0.303 e. The Morgan fingerprint density at radius 1 is 1.29 bits per heavy atom. The minimum Gasteiger partial charge on any atom is -0.497 e. The van der Waals surface area contributed by atoms with Gasteiger partial charge in [0, 0.05) is 31.0 Å². The number of hydrogen-bond donors (Lipinski definition) is 1. The summed E-state index contributed by atoms with van der Waals surface area (Å²) in [6.45, 7) is 2.66. The summed E-state index contributed by atoms with van der Waals surface area (Å²) in [7, 11) is 1.60. The Bertz CT molecular complexity index is 1090. The van der Waals surface area contributed by atoms with Gasteiger partial charge in [-0.25, -0.2) is 4.39 Å². The van der Waals surface area contributed by atoms with Crippen LogP contribution in [0.4, 0.5) is 4.39 Å². The lowest BCUT2D eigenvalue weighted by Gasteiger charge is -2.38. The van der Waals surface area contributed by atoms with Gasteiger partial charge in [0.2, 0.25) is 0 Å². The van der Waals surface area contributed by atoms with E-state index in [0.717, 1.165) is 62.0 Å². The molecule has 0 radical (unpaired) electrons. The molecule has 188 valence electrons. The van der Waals surface area contributed by atoms with Gasteiger partial charge in [0.15, 0.2) is 0 Å². The van der Waals surface area contributed by atoms with E-state index in [1.54, 1.807) is 25.6 Å². The van der Waals surface area contributed by atoms with E-state index < -0.39 is 12.1 Å². The molecule has 2 aromatic heterocycles. The fraction of sp³-hybridized carbons (Fsp3) is 0.500. The van der Waals surface area contributed by atoms with Crippen molar-refractivity contribution in [3.8, 4) is 5.75 Å². The molecule has 1 aliphatic heterocycles. The minimum atomic E-state index is -1.13. The van der Waals surface area contributed by atoms with Crippen LogP contribution in [0.3, 0.4) is 0 Å². The molecule has 0 spiro atoms. The van der Waals surface area contributed by atoms with Gasteiger partial charge < -0.3 is 19.2 Å². The van der Waals surface area contributed by atoms with Gasteiger partial charge in [0.05, 0.1) is 18.9 Å². The number of alkyl halides is 1. The fourth-order valence-electron chi connectivity index (χ4n) is 5.35. The van der Waals surface area contributed by atoms with E-state index in [1.807, 2.05) is 30.3 Å². The standard InChI is InChI=1S/C28H35FN2O4/c1-34-23-8-10-27-25(18-23)24(11-13-30-27)26(29)9-7-20-12-15-31(19-21(20)17-28(32)33)14-3-2-5-22-6-4-16-35-22/h4,6,8,10-11,13,16,18,20-21,26H,2-3,5,7,9,12,14-15,17,19H2,1H3,(H,32,33)/t20-,21+,26?/m1/s1. The fourth-order valence-corrected chi connectivity index (χ4v) is 5.35. The highest BCUT2D eigenvalue weighted by Gasteiger charge is 2.31. The highest BCUT2D eigenvalue weighted by atomic mass is 19.1. The van der Waals surface area contributed by atoms with Crippen LogP contribution in [0.15, 0.2) is 53.3 Å². The number of hydrogen-bond acceptors (Lipinski definition) is 5. The first-order valence-electron chi connectivity index (χ1n) is 12.6. The lowest BCUT2D eigenvalue weighted by Crippen LogP contribution is -2.41. The van der Waals surface area contributed by atoms with Gasteiger partial charge in [-0.1, -0.05) is 0 Å². The number of unbranched alkanes of at least 4 members (excludes halogenated alkanes) is 1. The zero-order valence-electron chi connectivity index (χ0n) is 20.4. The largest absolute Gasteiger partial charge is 0.497 e. The summed E-state index contributed by atoms with van der Waals surface area (Å²) < 4.78 is 26.1. The molecule has 3 aromatic rings. The summed E-state index contributed by atoms with van der Waals surface area (Å²) in [6, 6.07) is 11.2. The number of benzene rings is 1. The molecule has 1 aliphatic rings. The van der Waals surface area contributed by atoms with Crippen LogP contribution in [0.5, 0.6) is 5.75 Å². The van der Waals surface area contributed by atoms with Crippen molar-refractivity contribution in [2.45, 2.75) is 51.1 Å². The Hall–Kier alpha value is -2.93. The number of methoxy groups -OCH3 is 1. The molecule has 1 fully saturated rings. The van der Waals surface area contributed by atoms with E-state index in [-0.39, 0.29) is 18.3 Å². The second-order valence-corrected chi connectivity index (χ2v) is 9.57. The highest BCUT2D eigenvalue weighted by molar-refractivity contribution is 5.83. The molecule has 6 nitrogen and oxygen atoms in total. The van der Waals surface area contributed by atoms with Crippen molar-refractivity contribution in [2.24, 2.45) is 11.8 Å². The van der Waals surface area contributed by atoms with Crippen LogP contribution in [0.2, 0.25) is 0 Å². The van der Waals surface area contributed by atoms with Crippen molar-refractivity contribution in [3.63, 3.8) is 0 Å². The van der Waals surface area contributed by atoms with E-state index in [9.17, 15) is 9.90 Å². The van der Waals surface area contributed by atoms with Gasteiger partial charge in [0.25, 0.3) is 0 Å². The molecular weight excluding hydrogens is 447 g/mol. The predicted octanol–water partition coefficient (Wildman–Crippen LogP) is 6.06. The van der Waals surface area contributed by atoms with Crippen molar-refractivity contribution < 1.29 is 23.4 Å². The summed E-state index contributed by atoms with van der Waals surface area (Å²) in [5, 5.41) is 10.3. The number of ether oxygens (including phenoxy) is 1. The predicted molar refractivity (Wildman–Crippen MR) is 133 cm³/mol. The van der Waals surface area contributed by atoms with E-state index in [2.05, 4.69) is 9.88 Å². The van der Waals surface area contributed by atoms with Gasteiger partial charge >= 0.3 is 5.97 Å². The average Bonchev–Trinajstić information content (AvgIpc) is 3.38. The van der Waals surface area contributed by atoms with Crippen LogP contribution in [-0.2, 0) is 11.2 Å². The van der Waals surface area contributed by atoms with Crippen LogP contribution in [-0.4, -0.2) is 47.7 Å². The van der Waals surface area contributed by atoms with Crippen LogP contribution in [0.1, 0.15) is 56.0 Å². The first-order valence-corrected chi connectivity index (χ1v) is 12.6. The summed E-state index contributed by atoms with van der Waals surface area (Å²) in [4.78, 5) is 18.3. The van der Waals surface area contributed by atoms with Gasteiger partial charge in [-0.3, -0.25) is 9.78 Å². The van der Waals surface area contributed by atoms with Crippen molar-refractivity contribution >= 4 is 16.9 Å². The lowest BCUT2D eigenvalue weighted by molar-refractivity contribution is -0.139. The molecule has 0 bridgehead atoms. The number of likely N-dealkylation sites (tertiary alicyclic amines) is 1. The minimum absolute atomic E-state index is 0.0489. The number of nitrogens with zero attached hydrogens (tertiary/aromatic N) is 2. The van der Waals surface area contributed by atoms with Crippen LogP contribution < -0.4 is 4.74 Å². The zero-order chi connectivity index (χ0) is 24.6. The number of carboxylic acids is 1. The van der Waals surface area contributed by atoms with Gasteiger partial charge in [-0.2, -0.15) is 0 Å². The summed E-state index contributed by atoms with van der Waals surface area (Å²) in [5.41, 5.74) is 1.37. The quantitative estimate of drug-likeness (QED) is 0.316. The Balaban J connectivity index is 1.32. The molecule has 1 aromatic carbocycles. The number of fused-ring (bicyclic) bond motifs is 1. The third-order valence-electron chi connectivity index (χ3n) is 7.25. The number of aromatic nitrogens is 1. The molecule has 7 heteroatoms. The Morgan fingerprint density at radius 3 is 2.94 bits per heavy atom. The summed E-state index contributed by atoms with van der Waals surface area (Å²) in [5.74, 6) is 1.17. The first-order chi connectivity index (χ1) is 17.0. The number of pyridine rings is 1. The topological polar surface area (TPSA) is 75.8 Å². The number of piperidine rings is 1.